The van der Waals surface area contributed by atoms with E-state index >= 15 is 0 Å². The van der Waals surface area contributed by atoms with Crippen LogP contribution in [0.2, 0.25) is 0 Å². The van der Waals surface area contributed by atoms with E-state index in [4.69, 9.17) is 15.3 Å². The van der Waals surface area contributed by atoms with Gasteiger partial charge >= 0.3 is 5.56 Å². The van der Waals surface area contributed by atoms with Crippen LogP contribution < -0.4 is 16.0 Å². The number of oxime groups is 1. The lowest BCUT2D eigenvalue weighted by Gasteiger charge is -2.15. The van der Waals surface area contributed by atoms with Crippen molar-refractivity contribution in [2.75, 3.05) is 0 Å². The van der Waals surface area contributed by atoms with Crippen molar-refractivity contribution in [3.8, 4) is 5.75 Å². The van der Waals surface area contributed by atoms with E-state index < -0.39 is 0 Å². The van der Waals surface area contributed by atoms with Crippen LogP contribution in [0.15, 0.2) is 82.9 Å². The van der Waals surface area contributed by atoms with Crippen molar-refractivity contribution in [1.82, 2.24) is 9.38 Å². The summed E-state index contributed by atoms with van der Waals surface area (Å²) in [6, 6.07) is 19.3. The Kier molecular flexibility index (Phi) is 7.40. The molecular weight excluding hydrogens is 447 g/mol. The number of amidine groups is 1. The number of nitrogens with zero attached hydrogens (tertiary/aromatic N) is 3. The molecule has 1 atom stereocenters. The van der Waals surface area contributed by atoms with Crippen molar-refractivity contribution >= 4 is 11.5 Å². The third-order valence-corrected chi connectivity index (χ3v) is 5.53. The third kappa shape index (κ3) is 5.84. The van der Waals surface area contributed by atoms with E-state index in [1.165, 1.54) is 16.5 Å². The molecule has 0 fully saturated rings. The Morgan fingerprint density at radius 1 is 1.09 bits per heavy atom. The number of nitrogens with two attached hydrogens (primary N) is 1. The Balaban J connectivity index is 1.64. The standard InChI is InChI=1S/C27H27FN4O3/c1-3-22(15-19-10-12-21(28)13-11-19)35-31-26(29)24-25(34-17-20-7-5-4-6-8-20)27(33)32-16-18(2)9-14-23(32)30-24/h4-14,16,22H,3,15,17H2,1-2H3,(H2,29,31). The first-order chi connectivity index (χ1) is 16.9. The van der Waals surface area contributed by atoms with Crippen LogP contribution >= 0.6 is 0 Å². The Morgan fingerprint density at radius 3 is 2.54 bits per heavy atom. The second-order valence-corrected chi connectivity index (χ2v) is 8.25. The molecule has 0 aliphatic heterocycles. The van der Waals surface area contributed by atoms with Crippen LogP contribution in [0.25, 0.3) is 5.65 Å². The van der Waals surface area contributed by atoms with E-state index in [-0.39, 0.29) is 41.4 Å². The fraction of sp³-hybridized carbons (Fsp3) is 0.222. The monoisotopic (exact) mass is 474 g/mol. The van der Waals surface area contributed by atoms with Crippen molar-refractivity contribution < 1.29 is 14.0 Å². The lowest BCUT2D eigenvalue weighted by Crippen LogP contribution is -2.27. The fourth-order valence-corrected chi connectivity index (χ4v) is 3.58. The van der Waals surface area contributed by atoms with Gasteiger partial charge in [0.25, 0.3) is 0 Å². The van der Waals surface area contributed by atoms with Gasteiger partial charge in [0.1, 0.15) is 24.2 Å². The highest BCUT2D eigenvalue weighted by molar-refractivity contribution is 5.98. The molecule has 7 nitrogen and oxygen atoms in total. The minimum Gasteiger partial charge on any atom is -0.481 e. The van der Waals surface area contributed by atoms with Crippen LogP contribution in [-0.2, 0) is 17.9 Å². The molecule has 0 saturated heterocycles. The summed E-state index contributed by atoms with van der Waals surface area (Å²) in [6.07, 6.45) is 2.58. The summed E-state index contributed by atoms with van der Waals surface area (Å²) in [4.78, 5) is 23.5. The van der Waals surface area contributed by atoms with Crippen LogP contribution in [0.1, 0.15) is 35.7 Å². The first-order valence-corrected chi connectivity index (χ1v) is 11.4. The van der Waals surface area contributed by atoms with Gasteiger partial charge in [0.15, 0.2) is 11.5 Å². The van der Waals surface area contributed by atoms with Crippen LogP contribution in [0, 0.1) is 12.7 Å². The first kappa shape index (κ1) is 23.9. The molecule has 2 aromatic heterocycles. The van der Waals surface area contributed by atoms with Gasteiger partial charge < -0.3 is 15.3 Å². The molecule has 0 bridgehead atoms. The number of aromatic nitrogens is 2. The van der Waals surface area contributed by atoms with Gasteiger partial charge in [0, 0.05) is 12.6 Å². The van der Waals surface area contributed by atoms with Crippen LogP contribution in [0.5, 0.6) is 5.75 Å². The summed E-state index contributed by atoms with van der Waals surface area (Å²) in [6.45, 7) is 4.01. The molecule has 4 aromatic rings. The first-order valence-electron chi connectivity index (χ1n) is 11.4. The molecule has 8 heteroatoms. The molecule has 0 radical (unpaired) electrons. The Hall–Kier alpha value is -4.20. The van der Waals surface area contributed by atoms with E-state index in [0.29, 0.717) is 18.5 Å². The lowest BCUT2D eigenvalue weighted by atomic mass is 10.1. The number of pyridine rings is 1. The number of aryl methyl sites for hydroxylation is 1. The Bertz CT molecular complexity index is 1390. The highest BCUT2D eigenvalue weighted by atomic mass is 19.1. The van der Waals surface area contributed by atoms with E-state index in [1.807, 2.05) is 50.2 Å². The molecule has 2 heterocycles. The van der Waals surface area contributed by atoms with Crippen LogP contribution in [-0.4, -0.2) is 21.3 Å². The SMILES string of the molecule is CCC(Cc1ccc(F)cc1)O/N=C(\N)c1nc2ccc(C)cn2c(=O)c1OCc1ccccc1. The van der Waals surface area contributed by atoms with Gasteiger partial charge in [0.2, 0.25) is 5.75 Å². The van der Waals surface area contributed by atoms with Crippen molar-refractivity contribution in [3.63, 3.8) is 0 Å². The van der Waals surface area contributed by atoms with Gasteiger partial charge in [-0.1, -0.05) is 60.6 Å². The maximum absolute atomic E-state index is 13.3. The maximum Gasteiger partial charge on any atom is 0.301 e. The zero-order valence-electron chi connectivity index (χ0n) is 19.6. The minimum absolute atomic E-state index is 0.00612. The molecular formula is C27H27FN4O3. The number of halogens is 1. The largest absolute Gasteiger partial charge is 0.481 e. The summed E-state index contributed by atoms with van der Waals surface area (Å²) in [5.74, 6) is -0.365. The number of hydrogen-bond acceptors (Lipinski definition) is 5. The summed E-state index contributed by atoms with van der Waals surface area (Å²) < 4.78 is 20.5. The number of rotatable bonds is 9. The van der Waals surface area contributed by atoms with Crippen LogP contribution in [0.3, 0.4) is 0 Å². The van der Waals surface area contributed by atoms with E-state index in [2.05, 4.69) is 10.1 Å². The Labute approximate surface area is 202 Å². The molecule has 0 aliphatic carbocycles. The predicted octanol–water partition coefficient (Wildman–Crippen LogP) is 4.38. The zero-order chi connectivity index (χ0) is 24.8. The molecule has 2 N–H and O–H groups in total. The molecule has 1 unspecified atom stereocenters. The Morgan fingerprint density at radius 2 is 1.83 bits per heavy atom. The summed E-state index contributed by atoms with van der Waals surface area (Å²) in [5, 5.41) is 4.09. The predicted molar refractivity (Wildman–Crippen MR) is 133 cm³/mol. The molecule has 4 rings (SSSR count). The second-order valence-electron chi connectivity index (χ2n) is 8.25. The lowest BCUT2D eigenvalue weighted by molar-refractivity contribution is 0.0564. The molecule has 0 aliphatic rings. The zero-order valence-corrected chi connectivity index (χ0v) is 19.6. The van der Waals surface area contributed by atoms with Crippen molar-refractivity contribution in [2.45, 2.75) is 39.4 Å². The molecule has 2 aromatic carbocycles. The smallest absolute Gasteiger partial charge is 0.301 e. The second kappa shape index (κ2) is 10.8. The topological polar surface area (TPSA) is 91.2 Å². The van der Waals surface area contributed by atoms with E-state index in [0.717, 1.165) is 16.7 Å². The summed E-state index contributed by atoms with van der Waals surface area (Å²) in [5.41, 5.74) is 9.11. The molecule has 0 saturated carbocycles. The van der Waals surface area contributed by atoms with Gasteiger partial charge in [-0.2, -0.15) is 0 Å². The molecule has 35 heavy (non-hydrogen) atoms. The van der Waals surface area contributed by atoms with E-state index in [9.17, 15) is 9.18 Å². The maximum atomic E-state index is 13.3. The molecule has 180 valence electrons. The number of benzene rings is 2. The van der Waals surface area contributed by atoms with Gasteiger partial charge in [-0.3, -0.25) is 9.20 Å². The summed E-state index contributed by atoms with van der Waals surface area (Å²) >= 11 is 0. The quantitative estimate of drug-likeness (QED) is 0.221. The van der Waals surface area contributed by atoms with Gasteiger partial charge in [-0.25, -0.2) is 9.37 Å². The van der Waals surface area contributed by atoms with Gasteiger partial charge in [-0.05, 0) is 48.2 Å². The number of ether oxygens (including phenoxy) is 1. The molecule has 0 spiro atoms. The minimum atomic E-state index is -0.388. The highest BCUT2D eigenvalue weighted by Gasteiger charge is 2.19. The number of fused-ring (bicyclic) bond motifs is 1. The van der Waals surface area contributed by atoms with Crippen LogP contribution in [0.4, 0.5) is 4.39 Å². The van der Waals surface area contributed by atoms with Crippen molar-refractivity contribution in [2.24, 2.45) is 10.9 Å². The van der Waals surface area contributed by atoms with Crippen molar-refractivity contribution in [1.29, 1.82) is 0 Å². The average molecular weight is 475 g/mol. The fourth-order valence-electron chi connectivity index (χ4n) is 3.58. The summed E-state index contributed by atoms with van der Waals surface area (Å²) in [7, 11) is 0. The highest BCUT2D eigenvalue weighted by Crippen LogP contribution is 2.17. The number of hydrogen-bond donors (Lipinski definition) is 1. The average Bonchev–Trinajstić information content (AvgIpc) is 2.87. The van der Waals surface area contributed by atoms with Gasteiger partial charge in [0.05, 0.1) is 0 Å². The van der Waals surface area contributed by atoms with Gasteiger partial charge in [-0.15, -0.1) is 0 Å². The molecule has 0 amide bonds. The van der Waals surface area contributed by atoms with Crippen molar-refractivity contribution in [3.05, 3.63) is 111 Å². The third-order valence-electron chi connectivity index (χ3n) is 5.53. The van der Waals surface area contributed by atoms with E-state index in [1.54, 1.807) is 24.4 Å². The normalized spacial score (nSPS) is 12.5.